The van der Waals surface area contributed by atoms with E-state index < -0.39 is 23.4 Å². The molecule has 11 nitrogen and oxygen atoms in total. The third-order valence-electron chi connectivity index (χ3n) is 4.27. The van der Waals surface area contributed by atoms with Crippen molar-refractivity contribution in [3.8, 4) is 17.4 Å². The zero-order chi connectivity index (χ0) is 25.1. The number of aromatic nitrogens is 2. The van der Waals surface area contributed by atoms with Crippen molar-refractivity contribution in [1.82, 2.24) is 9.97 Å². The van der Waals surface area contributed by atoms with Gasteiger partial charge in [-0.05, 0) is 0 Å². The number of carbonyl (C=O) groups is 3. The topological polar surface area (TPSA) is 137 Å². The minimum atomic E-state index is -1.10. The largest absolute Gasteiger partial charge is 0.495 e. The molecule has 0 aliphatic heterocycles. The lowest BCUT2D eigenvalue weighted by Crippen LogP contribution is -2.49. The zero-order valence-corrected chi connectivity index (χ0v) is 20.3. The molecule has 1 aromatic heterocycles. The Morgan fingerprint density at radius 1 is 1.00 bits per heavy atom. The summed E-state index contributed by atoms with van der Waals surface area (Å²) in [5.74, 6) is -0.551. The Morgan fingerprint density at radius 3 is 2.00 bits per heavy atom. The minimum Gasteiger partial charge on any atom is -0.495 e. The van der Waals surface area contributed by atoms with Crippen LogP contribution in [0.5, 0.6) is 17.4 Å². The first kappa shape index (κ1) is 25.9. The van der Waals surface area contributed by atoms with Crippen molar-refractivity contribution in [1.29, 1.82) is 0 Å². The Hall–Kier alpha value is -3.31. The first-order valence-electron chi connectivity index (χ1n) is 9.35. The molecular weight excluding hydrogens is 477 g/mol. The smallest absolute Gasteiger partial charge is 0.411 e. The standard InChI is InChI=1S/C20H23Cl2N5O6/c1-20(2,3)17(28)27(16-14(21)10(31-5)7-11(32-6)15(16)22)19(30)26(4)12-8-13(25-9-24-12)33-18(23)29/h7-9H,1-6H3,(H2,23,29). The molecule has 13 heteroatoms. The predicted molar refractivity (Wildman–Crippen MR) is 123 cm³/mol. The molecule has 0 saturated heterocycles. The van der Waals surface area contributed by atoms with Crippen LogP contribution in [0, 0.1) is 5.41 Å². The fourth-order valence-corrected chi connectivity index (χ4v) is 3.28. The minimum absolute atomic E-state index is 0.0000604. The number of amides is 4. The van der Waals surface area contributed by atoms with Gasteiger partial charge in [-0.15, -0.1) is 0 Å². The van der Waals surface area contributed by atoms with E-state index in [-0.39, 0.29) is 38.9 Å². The number of anilines is 2. The first-order chi connectivity index (χ1) is 15.3. The maximum atomic E-state index is 13.6. The summed E-state index contributed by atoms with van der Waals surface area (Å²) in [6.45, 7) is 4.87. The molecule has 2 aromatic rings. The molecule has 4 amide bonds. The molecule has 0 bridgehead atoms. The molecule has 2 N–H and O–H groups in total. The molecular formula is C20H23Cl2N5O6. The van der Waals surface area contributed by atoms with Gasteiger partial charge >= 0.3 is 12.1 Å². The molecule has 2 rings (SSSR count). The van der Waals surface area contributed by atoms with E-state index in [0.29, 0.717) is 0 Å². The van der Waals surface area contributed by atoms with Crippen LogP contribution >= 0.6 is 23.2 Å². The fraction of sp³-hybridized carbons (Fsp3) is 0.350. The monoisotopic (exact) mass is 499 g/mol. The maximum Gasteiger partial charge on any atom is 0.411 e. The van der Waals surface area contributed by atoms with Crippen molar-refractivity contribution in [2.75, 3.05) is 31.1 Å². The Kier molecular flexibility index (Phi) is 7.93. The summed E-state index contributed by atoms with van der Waals surface area (Å²) in [4.78, 5) is 47.6. The van der Waals surface area contributed by atoms with Gasteiger partial charge in [0, 0.05) is 24.6 Å². The van der Waals surface area contributed by atoms with Gasteiger partial charge in [-0.2, -0.15) is 0 Å². The van der Waals surface area contributed by atoms with E-state index in [4.69, 9.17) is 43.1 Å². The number of nitrogens with two attached hydrogens (primary N) is 1. The summed E-state index contributed by atoms with van der Waals surface area (Å²) < 4.78 is 15.2. The van der Waals surface area contributed by atoms with Gasteiger partial charge in [-0.25, -0.2) is 24.5 Å². The molecule has 0 radical (unpaired) electrons. The molecule has 0 saturated carbocycles. The van der Waals surface area contributed by atoms with E-state index in [0.717, 1.165) is 16.1 Å². The van der Waals surface area contributed by atoms with Crippen molar-refractivity contribution in [2.45, 2.75) is 20.8 Å². The summed E-state index contributed by atoms with van der Waals surface area (Å²) in [5.41, 5.74) is 3.85. The maximum absolute atomic E-state index is 13.6. The number of nitrogens with zero attached hydrogens (tertiary/aromatic N) is 4. The highest BCUT2D eigenvalue weighted by atomic mass is 35.5. The van der Waals surface area contributed by atoms with Crippen molar-refractivity contribution in [2.24, 2.45) is 11.1 Å². The Bertz CT molecular complexity index is 1060. The summed E-state index contributed by atoms with van der Waals surface area (Å²) in [7, 11) is 4.08. The van der Waals surface area contributed by atoms with E-state index in [2.05, 4.69) is 9.97 Å². The van der Waals surface area contributed by atoms with E-state index in [1.807, 2.05) is 0 Å². The summed E-state index contributed by atoms with van der Waals surface area (Å²) >= 11 is 13.0. The summed E-state index contributed by atoms with van der Waals surface area (Å²) in [6.07, 6.45) is -0.0397. The van der Waals surface area contributed by atoms with E-state index >= 15 is 0 Å². The molecule has 0 atom stereocenters. The SMILES string of the molecule is COc1cc(OC)c(Cl)c(N(C(=O)N(C)c2cc(OC(N)=O)ncn2)C(=O)C(C)(C)C)c1Cl. The Morgan fingerprint density at radius 2 is 1.55 bits per heavy atom. The Balaban J connectivity index is 2.69. The number of primary amides is 1. The third kappa shape index (κ3) is 5.55. The van der Waals surface area contributed by atoms with E-state index in [1.165, 1.54) is 33.4 Å². The van der Waals surface area contributed by atoms with Gasteiger partial charge in [-0.3, -0.25) is 9.69 Å². The average Bonchev–Trinajstić information content (AvgIpc) is 2.74. The second-order valence-electron chi connectivity index (χ2n) is 7.63. The van der Waals surface area contributed by atoms with Gasteiger partial charge in [0.2, 0.25) is 11.8 Å². The number of carbonyl (C=O) groups excluding carboxylic acids is 3. The van der Waals surface area contributed by atoms with Crippen molar-refractivity contribution >= 4 is 52.7 Å². The van der Waals surface area contributed by atoms with Crippen LogP contribution in [-0.4, -0.2) is 49.3 Å². The average molecular weight is 500 g/mol. The first-order valence-corrected chi connectivity index (χ1v) is 10.1. The van der Waals surface area contributed by atoms with Crippen LogP contribution in [0.2, 0.25) is 10.0 Å². The van der Waals surface area contributed by atoms with Crippen LogP contribution in [0.3, 0.4) is 0 Å². The highest BCUT2D eigenvalue weighted by Gasteiger charge is 2.39. The number of hydrogen-bond acceptors (Lipinski definition) is 8. The summed E-state index contributed by atoms with van der Waals surface area (Å²) in [5, 5.41) is -0.161. The third-order valence-corrected chi connectivity index (χ3v) is 5.00. The zero-order valence-electron chi connectivity index (χ0n) is 18.8. The fourth-order valence-electron chi connectivity index (χ4n) is 2.61. The van der Waals surface area contributed by atoms with Crippen LogP contribution in [0.4, 0.5) is 21.1 Å². The van der Waals surface area contributed by atoms with Crippen LogP contribution < -0.4 is 29.7 Å². The van der Waals surface area contributed by atoms with Gasteiger partial charge in [0.05, 0.1) is 19.9 Å². The number of urea groups is 1. The number of hydrogen-bond donors (Lipinski definition) is 1. The molecule has 178 valence electrons. The second-order valence-corrected chi connectivity index (χ2v) is 8.38. The predicted octanol–water partition coefficient (Wildman–Crippen LogP) is 3.89. The van der Waals surface area contributed by atoms with Crippen LogP contribution in [-0.2, 0) is 4.79 Å². The van der Waals surface area contributed by atoms with Crippen LogP contribution in [0.15, 0.2) is 18.5 Å². The van der Waals surface area contributed by atoms with Crippen molar-refractivity contribution < 1.29 is 28.6 Å². The number of benzene rings is 1. The van der Waals surface area contributed by atoms with Gasteiger partial charge < -0.3 is 19.9 Å². The Labute approximate surface area is 200 Å². The molecule has 1 aromatic carbocycles. The van der Waals surface area contributed by atoms with Crippen molar-refractivity contribution in [3.05, 3.63) is 28.5 Å². The molecule has 0 aliphatic rings. The number of rotatable bonds is 5. The summed E-state index contributed by atoms with van der Waals surface area (Å²) in [6, 6.07) is 1.76. The van der Waals surface area contributed by atoms with Crippen LogP contribution in [0.25, 0.3) is 0 Å². The highest BCUT2D eigenvalue weighted by molar-refractivity contribution is 6.43. The van der Waals surface area contributed by atoms with Crippen LogP contribution in [0.1, 0.15) is 20.8 Å². The number of halogens is 2. The quantitative estimate of drug-likeness (QED) is 0.653. The number of imide groups is 1. The molecule has 0 spiro atoms. The molecule has 1 heterocycles. The lowest BCUT2D eigenvalue weighted by Gasteiger charge is -2.32. The lowest BCUT2D eigenvalue weighted by molar-refractivity contribution is -0.125. The number of ether oxygens (including phenoxy) is 3. The van der Waals surface area contributed by atoms with Gasteiger partial charge in [0.25, 0.3) is 0 Å². The molecule has 0 unspecified atom stereocenters. The highest BCUT2D eigenvalue weighted by Crippen LogP contribution is 2.47. The molecule has 0 fully saturated rings. The van der Waals surface area contributed by atoms with Gasteiger partial charge in [-0.1, -0.05) is 44.0 Å². The van der Waals surface area contributed by atoms with Gasteiger partial charge in [0.15, 0.2) is 0 Å². The van der Waals surface area contributed by atoms with Crippen molar-refractivity contribution in [3.63, 3.8) is 0 Å². The molecule has 33 heavy (non-hydrogen) atoms. The number of methoxy groups -OCH3 is 2. The lowest BCUT2D eigenvalue weighted by atomic mass is 9.94. The molecule has 0 aliphatic carbocycles. The normalized spacial score (nSPS) is 10.9. The van der Waals surface area contributed by atoms with E-state index in [1.54, 1.807) is 20.8 Å². The van der Waals surface area contributed by atoms with E-state index in [9.17, 15) is 14.4 Å². The second kappa shape index (κ2) is 10.1. The van der Waals surface area contributed by atoms with Gasteiger partial charge in [0.1, 0.15) is 33.7 Å².